The number of phenolic OH excluding ortho intramolecular Hbond substituents is 2. The molecule has 1 unspecified atom stereocenters. The predicted molar refractivity (Wildman–Crippen MR) is 54.8 cm³/mol. The standard InChI is InChI=1S/C9H11BrFNO2/c1-4(12)2-5-8(10)6(11)3-7(13)9(5)14/h3-4,13-14H,2,12H2,1H3. The number of benzene rings is 1. The van der Waals surface area contributed by atoms with Crippen molar-refractivity contribution in [2.45, 2.75) is 19.4 Å². The number of rotatable bonds is 2. The molecule has 0 saturated carbocycles. The largest absolute Gasteiger partial charge is 0.504 e. The monoisotopic (exact) mass is 263 g/mol. The van der Waals surface area contributed by atoms with Crippen molar-refractivity contribution in [1.29, 1.82) is 0 Å². The molecule has 0 aliphatic rings. The second kappa shape index (κ2) is 4.14. The maximum absolute atomic E-state index is 13.1. The van der Waals surface area contributed by atoms with Crippen LogP contribution in [0, 0.1) is 5.82 Å². The van der Waals surface area contributed by atoms with Crippen LogP contribution >= 0.6 is 15.9 Å². The fraction of sp³-hybridized carbons (Fsp3) is 0.333. The highest BCUT2D eigenvalue weighted by Gasteiger charge is 2.16. The Kier molecular flexibility index (Phi) is 3.34. The first kappa shape index (κ1) is 11.3. The van der Waals surface area contributed by atoms with E-state index >= 15 is 0 Å². The molecular weight excluding hydrogens is 253 g/mol. The molecule has 5 heteroatoms. The number of hydrogen-bond donors (Lipinski definition) is 3. The highest BCUT2D eigenvalue weighted by Crippen LogP contribution is 2.36. The molecule has 0 heterocycles. The summed E-state index contributed by atoms with van der Waals surface area (Å²) in [7, 11) is 0. The molecule has 0 saturated heterocycles. The molecule has 3 nitrogen and oxygen atoms in total. The summed E-state index contributed by atoms with van der Waals surface area (Å²) in [6, 6.07) is 0.628. The summed E-state index contributed by atoms with van der Waals surface area (Å²) in [6.45, 7) is 1.73. The minimum absolute atomic E-state index is 0.144. The van der Waals surface area contributed by atoms with Crippen LogP contribution in [0.3, 0.4) is 0 Å². The van der Waals surface area contributed by atoms with Crippen molar-refractivity contribution in [1.82, 2.24) is 0 Å². The number of halogens is 2. The van der Waals surface area contributed by atoms with Gasteiger partial charge in [0.15, 0.2) is 11.5 Å². The van der Waals surface area contributed by atoms with Crippen molar-refractivity contribution in [3.05, 3.63) is 21.9 Å². The third-order valence-corrected chi connectivity index (χ3v) is 2.65. The molecule has 0 spiro atoms. The van der Waals surface area contributed by atoms with Gasteiger partial charge in [-0.3, -0.25) is 0 Å². The lowest BCUT2D eigenvalue weighted by Gasteiger charge is -2.11. The Morgan fingerprint density at radius 1 is 1.57 bits per heavy atom. The van der Waals surface area contributed by atoms with Gasteiger partial charge in [0.1, 0.15) is 5.82 Å². The first-order valence-electron chi connectivity index (χ1n) is 4.08. The van der Waals surface area contributed by atoms with E-state index in [0.29, 0.717) is 0 Å². The van der Waals surface area contributed by atoms with Crippen LogP contribution in [-0.2, 0) is 6.42 Å². The van der Waals surface area contributed by atoms with Crippen molar-refractivity contribution in [2.75, 3.05) is 0 Å². The second-order valence-electron chi connectivity index (χ2n) is 3.20. The van der Waals surface area contributed by atoms with E-state index in [-0.39, 0.29) is 28.2 Å². The van der Waals surface area contributed by atoms with Crippen molar-refractivity contribution in [2.24, 2.45) is 5.73 Å². The Hall–Kier alpha value is -0.810. The number of hydrogen-bond acceptors (Lipinski definition) is 3. The molecule has 0 aliphatic carbocycles. The molecule has 0 amide bonds. The molecule has 1 atom stereocenters. The fourth-order valence-electron chi connectivity index (χ4n) is 1.16. The lowest BCUT2D eigenvalue weighted by molar-refractivity contribution is 0.393. The Morgan fingerprint density at radius 3 is 2.64 bits per heavy atom. The summed E-state index contributed by atoms with van der Waals surface area (Å²) in [5.74, 6) is -1.41. The first-order valence-corrected chi connectivity index (χ1v) is 4.87. The van der Waals surface area contributed by atoms with Crippen LogP contribution in [0.1, 0.15) is 12.5 Å². The maximum Gasteiger partial charge on any atom is 0.162 e. The summed E-state index contributed by atoms with van der Waals surface area (Å²) in [4.78, 5) is 0. The van der Waals surface area contributed by atoms with Crippen LogP contribution in [-0.4, -0.2) is 16.3 Å². The summed E-state index contributed by atoms with van der Waals surface area (Å²) in [6.07, 6.45) is 0.289. The van der Waals surface area contributed by atoms with Crippen LogP contribution in [0.4, 0.5) is 4.39 Å². The second-order valence-corrected chi connectivity index (χ2v) is 3.99. The van der Waals surface area contributed by atoms with Crippen molar-refractivity contribution in [3.8, 4) is 11.5 Å². The van der Waals surface area contributed by atoms with Gasteiger partial charge in [0.25, 0.3) is 0 Å². The summed E-state index contributed by atoms with van der Waals surface area (Å²) in [5, 5.41) is 18.6. The Bertz CT molecular complexity index is 329. The maximum atomic E-state index is 13.1. The van der Waals surface area contributed by atoms with Gasteiger partial charge in [0.05, 0.1) is 4.47 Å². The number of nitrogens with two attached hydrogens (primary N) is 1. The van der Waals surface area contributed by atoms with Gasteiger partial charge in [-0.15, -0.1) is 0 Å². The van der Waals surface area contributed by atoms with Gasteiger partial charge < -0.3 is 15.9 Å². The summed E-state index contributed by atoms with van der Waals surface area (Å²) in [5.41, 5.74) is 5.82. The van der Waals surface area contributed by atoms with Crippen molar-refractivity contribution < 1.29 is 14.6 Å². The van der Waals surface area contributed by atoms with Crippen LogP contribution in [0.5, 0.6) is 11.5 Å². The van der Waals surface area contributed by atoms with Crippen LogP contribution in [0.2, 0.25) is 0 Å². The molecule has 1 rings (SSSR count). The molecule has 1 aromatic carbocycles. The third-order valence-electron chi connectivity index (χ3n) is 1.79. The van der Waals surface area contributed by atoms with Gasteiger partial charge in [-0.1, -0.05) is 0 Å². The zero-order valence-electron chi connectivity index (χ0n) is 7.59. The lowest BCUT2D eigenvalue weighted by Crippen LogP contribution is -2.18. The lowest BCUT2D eigenvalue weighted by atomic mass is 10.1. The van der Waals surface area contributed by atoms with Gasteiger partial charge in [-0.25, -0.2) is 4.39 Å². The smallest absolute Gasteiger partial charge is 0.162 e. The first-order chi connectivity index (χ1) is 6.43. The molecule has 0 fully saturated rings. The van der Waals surface area contributed by atoms with Gasteiger partial charge >= 0.3 is 0 Å². The molecule has 0 aliphatic heterocycles. The molecule has 78 valence electrons. The Morgan fingerprint density at radius 2 is 2.14 bits per heavy atom. The molecule has 0 bridgehead atoms. The van der Waals surface area contributed by atoms with Gasteiger partial charge in [-0.2, -0.15) is 0 Å². The predicted octanol–water partition coefficient (Wildman–Crippen LogP) is 1.89. The van der Waals surface area contributed by atoms with Crippen molar-refractivity contribution >= 4 is 15.9 Å². The zero-order chi connectivity index (χ0) is 10.9. The highest BCUT2D eigenvalue weighted by atomic mass is 79.9. The Labute approximate surface area is 89.5 Å². The van der Waals surface area contributed by atoms with Gasteiger partial charge in [0, 0.05) is 17.7 Å². The molecule has 1 aromatic rings. The van der Waals surface area contributed by atoms with E-state index < -0.39 is 11.6 Å². The molecular formula is C9H11BrFNO2. The van der Waals surface area contributed by atoms with Crippen molar-refractivity contribution in [3.63, 3.8) is 0 Å². The fourth-order valence-corrected chi connectivity index (χ4v) is 1.63. The van der Waals surface area contributed by atoms with E-state index in [1.807, 2.05) is 0 Å². The topological polar surface area (TPSA) is 66.5 Å². The van der Waals surface area contributed by atoms with Gasteiger partial charge in [0.2, 0.25) is 0 Å². The quantitative estimate of drug-likeness (QED) is 0.714. The molecule has 4 N–H and O–H groups in total. The summed E-state index contributed by atoms with van der Waals surface area (Å²) < 4.78 is 13.3. The van der Waals surface area contributed by atoms with E-state index in [1.54, 1.807) is 6.92 Å². The van der Waals surface area contributed by atoms with Crippen LogP contribution in [0.25, 0.3) is 0 Å². The van der Waals surface area contributed by atoms with Crippen LogP contribution in [0.15, 0.2) is 10.5 Å². The summed E-state index contributed by atoms with van der Waals surface area (Å²) >= 11 is 2.99. The normalized spacial score (nSPS) is 12.9. The average molecular weight is 264 g/mol. The highest BCUT2D eigenvalue weighted by molar-refractivity contribution is 9.10. The SMILES string of the molecule is CC(N)Cc1c(O)c(O)cc(F)c1Br. The molecule has 0 aromatic heterocycles. The number of phenols is 2. The minimum atomic E-state index is -0.615. The van der Waals surface area contributed by atoms with E-state index in [2.05, 4.69) is 15.9 Å². The third kappa shape index (κ3) is 2.16. The van der Waals surface area contributed by atoms with E-state index in [1.165, 1.54) is 0 Å². The average Bonchev–Trinajstić information content (AvgIpc) is 2.09. The molecule has 0 radical (unpaired) electrons. The zero-order valence-corrected chi connectivity index (χ0v) is 9.18. The van der Waals surface area contributed by atoms with Crippen LogP contribution < -0.4 is 5.73 Å². The van der Waals surface area contributed by atoms with E-state index in [0.717, 1.165) is 6.07 Å². The minimum Gasteiger partial charge on any atom is -0.504 e. The van der Waals surface area contributed by atoms with Gasteiger partial charge in [-0.05, 0) is 29.3 Å². The molecule has 14 heavy (non-hydrogen) atoms. The number of aromatic hydroxyl groups is 2. The Balaban J connectivity index is 3.25. The van der Waals surface area contributed by atoms with E-state index in [4.69, 9.17) is 10.8 Å². The van der Waals surface area contributed by atoms with E-state index in [9.17, 15) is 9.50 Å².